The SMILES string of the molecule is COc1cc(CN2CCN(CCCN)CC2)ccc1OCCC(C)C. The standard InChI is InChI=1S/C20H35N3O2/c1-17(2)7-14-25-19-6-5-18(15-20(19)24-3)16-23-12-10-22(11-13-23)9-4-8-21/h5-6,15,17H,4,7-14,16,21H2,1-3H3. The van der Waals surface area contributed by atoms with Crippen LogP contribution in [-0.2, 0) is 6.54 Å². The Bertz CT molecular complexity index is 500. The van der Waals surface area contributed by atoms with Gasteiger partial charge < -0.3 is 20.1 Å². The molecule has 0 unspecified atom stereocenters. The maximum atomic E-state index is 5.88. The number of ether oxygens (including phenoxy) is 2. The van der Waals surface area contributed by atoms with Gasteiger partial charge in [-0.05, 0) is 49.5 Å². The molecule has 1 aliphatic heterocycles. The van der Waals surface area contributed by atoms with Crippen molar-refractivity contribution < 1.29 is 9.47 Å². The third kappa shape index (κ3) is 6.84. The Morgan fingerprint density at radius 3 is 2.44 bits per heavy atom. The predicted octanol–water partition coefficient (Wildman–Crippen LogP) is 2.59. The van der Waals surface area contributed by atoms with Crippen LogP contribution in [0.15, 0.2) is 18.2 Å². The van der Waals surface area contributed by atoms with Crippen LogP contribution in [0.2, 0.25) is 0 Å². The molecule has 0 aliphatic carbocycles. The quantitative estimate of drug-likeness (QED) is 0.704. The van der Waals surface area contributed by atoms with E-state index in [1.807, 2.05) is 6.07 Å². The Morgan fingerprint density at radius 2 is 1.80 bits per heavy atom. The van der Waals surface area contributed by atoms with Crippen LogP contribution in [0.5, 0.6) is 11.5 Å². The van der Waals surface area contributed by atoms with E-state index in [4.69, 9.17) is 15.2 Å². The van der Waals surface area contributed by atoms with Crippen molar-refractivity contribution in [1.29, 1.82) is 0 Å². The lowest BCUT2D eigenvalue weighted by Gasteiger charge is -2.34. The lowest BCUT2D eigenvalue weighted by Crippen LogP contribution is -2.46. The Kier molecular flexibility index (Phi) is 8.52. The van der Waals surface area contributed by atoms with Crippen molar-refractivity contribution in [2.45, 2.75) is 33.2 Å². The summed E-state index contributed by atoms with van der Waals surface area (Å²) in [4.78, 5) is 5.02. The summed E-state index contributed by atoms with van der Waals surface area (Å²) in [6.07, 6.45) is 2.15. The summed E-state index contributed by atoms with van der Waals surface area (Å²) >= 11 is 0. The molecule has 2 N–H and O–H groups in total. The fourth-order valence-corrected chi connectivity index (χ4v) is 3.08. The minimum atomic E-state index is 0.647. The summed E-state index contributed by atoms with van der Waals surface area (Å²) < 4.78 is 11.4. The zero-order chi connectivity index (χ0) is 18.1. The number of nitrogens with two attached hydrogens (primary N) is 1. The Hall–Kier alpha value is -1.30. The van der Waals surface area contributed by atoms with Crippen LogP contribution in [0.25, 0.3) is 0 Å². The maximum Gasteiger partial charge on any atom is 0.161 e. The molecule has 2 rings (SSSR count). The molecule has 0 aromatic heterocycles. The molecule has 1 saturated heterocycles. The molecule has 0 amide bonds. The van der Waals surface area contributed by atoms with E-state index in [1.165, 1.54) is 5.56 Å². The normalized spacial score (nSPS) is 16.4. The second kappa shape index (κ2) is 10.6. The molecule has 1 aliphatic rings. The van der Waals surface area contributed by atoms with Gasteiger partial charge in [-0.15, -0.1) is 0 Å². The van der Waals surface area contributed by atoms with Crippen molar-refractivity contribution >= 4 is 0 Å². The highest BCUT2D eigenvalue weighted by molar-refractivity contribution is 5.43. The fraction of sp³-hybridized carbons (Fsp3) is 0.700. The zero-order valence-electron chi connectivity index (χ0n) is 16.2. The summed E-state index contributed by atoms with van der Waals surface area (Å²) in [5.74, 6) is 2.33. The first kappa shape index (κ1) is 20.0. The van der Waals surface area contributed by atoms with Crippen molar-refractivity contribution in [3.05, 3.63) is 23.8 Å². The van der Waals surface area contributed by atoms with Crippen molar-refractivity contribution in [2.75, 3.05) is 53.0 Å². The molecule has 142 valence electrons. The van der Waals surface area contributed by atoms with Gasteiger partial charge in [-0.25, -0.2) is 0 Å². The first-order valence-corrected chi connectivity index (χ1v) is 9.57. The van der Waals surface area contributed by atoms with Crippen LogP contribution in [0.4, 0.5) is 0 Å². The number of piperazine rings is 1. The topological polar surface area (TPSA) is 51.0 Å². The third-order valence-corrected chi connectivity index (χ3v) is 4.73. The van der Waals surface area contributed by atoms with E-state index in [2.05, 4.69) is 35.8 Å². The molecule has 1 aromatic carbocycles. The molecular weight excluding hydrogens is 314 g/mol. The van der Waals surface area contributed by atoms with Crippen LogP contribution < -0.4 is 15.2 Å². The average molecular weight is 350 g/mol. The molecule has 0 spiro atoms. The van der Waals surface area contributed by atoms with Gasteiger partial charge in [0.15, 0.2) is 11.5 Å². The van der Waals surface area contributed by atoms with E-state index in [1.54, 1.807) is 7.11 Å². The van der Waals surface area contributed by atoms with Crippen molar-refractivity contribution in [1.82, 2.24) is 9.80 Å². The first-order valence-electron chi connectivity index (χ1n) is 9.57. The number of hydrogen-bond donors (Lipinski definition) is 1. The van der Waals surface area contributed by atoms with Crippen molar-refractivity contribution in [3.8, 4) is 11.5 Å². The van der Waals surface area contributed by atoms with Crippen LogP contribution in [-0.4, -0.2) is 62.8 Å². The van der Waals surface area contributed by atoms with Gasteiger partial charge in [-0.1, -0.05) is 19.9 Å². The van der Waals surface area contributed by atoms with E-state index in [0.29, 0.717) is 5.92 Å². The smallest absolute Gasteiger partial charge is 0.161 e. The molecule has 0 bridgehead atoms. The summed E-state index contributed by atoms with van der Waals surface area (Å²) in [5.41, 5.74) is 6.88. The van der Waals surface area contributed by atoms with E-state index < -0.39 is 0 Å². The van der Waals surface area contributed by atoms with Crippen LogP contribution in [0.3, 0.4) is 0 Å². The monoisotopic (exact) mass is 349 g/mol. The fourth-order valence-electron chi connectivity index (χ4n) is 3.08. The Balaban J connectivity index is 1.84. The second-order valence-corrected chi connectivity index (χ2v) is 7.28. The lowest BCUT2D eigenvalue weighted by molar-refractivity contribution is 0.126. The number of rotatable bonds is 10. The minimum absolute atomic E-state index is 0.647. The number of benzene rings is 1. The third-order valence-electron chi connectivity index (χ3n) is 4.73. The maximum absolute atomic E-state index is 5.88. The molecule has 5 heteroatoms. The highest BCUT2D eigenvalue weighted by Crippen LogP contribution is 2.29. The van der Waals surface area contributed by atoms with Gasteiger partial charge in [0, 0.05) is 32.7 Å². The van der Waals surface area contributed by atoms with Crippen molar-refractivity contribution in [3.63, 3.8) is 0 Å². The van der Waals surface area contributed by atoms with Gasteiger partial charge in [0.2, 0.25) is 0 Å². The molecule has 5 nitrogen and oxygen atoms in total. The summed E-state index contributed by atoms with van der Waals surface area (Å²) in [6.45, 7) is 12.5. The van der Waals surface area contributed by atoms with E-state index in [0.717, 1.165) is 76.8 Å². The Morgan fingerprint density at radius 1 is 1.08 bits per heavy atom. The molecule has 1 fully saturated rings. The first-order chi connectivity index (χ1) is 12.1. The van der Waals surface area contributed by atoms with E-state index in [-0.39, 0.29) is 0 Å². The van der Waals surface area contributed by atoms with Gasteiger partial charge in [0.1, 0.15) is 0 Å². The van der Waals surface area contributed by atoms with Crippen LogP contribution >= 0.6 is 0 Å². The average Bonchev–Trinajstić information content (AvgIpc) is 2.62. The summed E-state index contributed by atoms with van der Waals surface area (Å²) in [7, 11) is 1.71. The summed E-state index contributed by atoms with van der Waals surface area (Å²) in [5, 5.41) is 0. The van der Waals surface area contributed by atoms with Gasteiger partial charge in [-0.2, -0.15) is 0 Å². The predicted molar refractivity (Wildman–Crippen MR) is 103 cm³/mol. The van der Waals surface area contributed by atoms with Gasteiger partial charge >= 0.3 is 0 Å². The minimum Gasteiger partial charge on any atom is -0.493 e. The molecule has 1 heterocycles. The highest BCUT2D eigenvalue weighted by Gasteiger charge is 2.17. The number of nitrogens with zero attached hydrogens (tertiary/aromatic N) is 2. The molecule has 0 saturated carbocycles. The van der Waals surface area contributed by atoms with Crippen molar-refractivity contribution in [2.24, 2.45) is 11.7 Å². The second-order valence-electron chi connectivity index (χ2n) is 7.28. The van der Waals surface area contributed by atoms with E-state index in [9.17, 15) is 0 Å². The molecular formula is C20H35N3O2. The largest absolute Gasteiger partial charge is 0.493 e. The molecule has 0 radical (unpaired) electrons. The molecule has 1 aromatic rings. The zero-order valence-corrected chi connectivity index (χ0v) is 16.2. The van der Waals surface area contributed by atoms with Crippen LogP contribution in [0.1, 0.15) is 32.3 Å². The van der Waals surface area contributed by atoms with Gasteiger partial charge in [0.05, 0.1) is 13.7 Å². The summed E-state index contributed by atoms with van der Waals surface area (Å²) in [6, 6.07) is 6.32. The Labute approximate surface area is 153 Å². The lowest BCUT2D eigenvalue weighted by atomic mass is 10.1. The molecule has 0 atom stereocenters. The van der Waals surface area contributed by atoms with Crippen LogP contribution in [0, 0.1) is 5.92 Å². The van der Waals surface area contributed by atoms with Gasteiger partial charge in [0.25, 0.3) is 0 Å². The number of hydrogen-bond acceptors (Lipinski definition) is 5. The number of methoxy groups -OCH3 is 1. The highest BCUT2D eigenvalue weighted by atomic mass is 16.5. The molecule has 25 heavy (non-hydrogen) atoms. The van der Waals surface area contributed by atoms with E-state index >= 15 is 0 Å². The van der Waals surface area contributed by atoms with Gasteiger partial charge in [-0.3, -0.25) is 4.90 Å².